The van der Waals surface area contributed by atoms with Gasteiger partial charge < -0.3 is 9.47 Å². The van der Waals surface area contributed by atoms with E-state index in [9.17, 15) is 9.59 Å². The molecule has 1 atom stereocenters. The van der Waals surface area contributed by atoms with Crippen molar-refractivity contribution in [2.24, 2.45) is 0 Å². The van der Waals surface area contributed by atoms with E-state index >= 15 is 0 Å². The van der Waals surface area contributed by atoms with Crippen molar-refractivity contribution in [3.8, 4) is 16.9 Å². The molecule has 0 amide bonds. The monoisotopic (exact) mass is 372 g/mol. The number of carbonyl (C=O) groups is 1. The summed E-state index contributed by atoms with van der Waals surface area (Å²) >= 11 is 1.40. The predicted octanol–water partition coefficient (Wildman–Crippen LogP) is 3.65. The highest BCUT2D eigenvalue weighted by Gasteiger charge is 2.20. The van der Waals surface area contributed by atoms with Crippen molar-refractivity contribution in [2.75, 3.05) is 13.7 Å². The fraction of sp³-hybridized carbons (Fsp3) is 0.316. The number of ether oxygens (including phenoxy) is 2. The summed E-state index contributed by atoms with van der Waals surface area (Å²) in [4.78, 5) is 29.7. The molecule has 0 spiro atoms. The van der Waals surface area contributed by atoms with E-state index < -0.39 is 12.0 Å². The second-order valence-electron chi connectivity index (χ2n) is 5.86. The molecule has 1 aromatic carbocycles. The topological polar surface area (TPSA) is 70.4 Å². The van der Waals surface area contributed by atoms with Crippen molar-refractivity contribution in [1.82, 2.24) is 9.55 Å². The summed E-state index contributed by atoms with van der Waals surface area (Å²) in [6.07, 6.45) is 2.34. The highest BCUT2D eigenvalue weighted by molar-refractivity contribution is 7.17. The molecule has 7 heteroatoms. The molecule has 136 valence electrons. The second-order valence-corrected chi connectivity index (χ2v) is 6.72. The Hall–Kier alpha value is -2.67. The smallest absolute Gasteiger partial charge is 0.328 e. The van der Waals surface area contributed by atoms with Crippen LogP contribution in [0.5, 0.6) is 5.75 Å². The lowest BCUT2D eigenvalue weighted by atomic mass is 10.1. The third kappa shape index (κ3) is 3.35. The zero-order valence-electron chi connectivity index (χ0n) is 14.9. The van der Waals surface area contributed by atoms with Crippen LogP contribution in [0.15, 0.2) is 40.8 Å². The number of carbonyl (C=O) groups excluding carboxylic acids is 1. The van der Waals surface area contributed by atoms with E-state index in [-0.39, 0.29) is 5.56 Å². The number of hydrogen-bond donors (Lipinski definition) is 0. The van der Waals surface area contributed by atoms with Crippen molar-refractivity contribution in [2.45, 2.75) is 26.3 Å². The number of hydrogen-bond acceptors (Lipinski definition) is 6. The van der Waals surface area contributed by atoms with Crippen LogP contribution in [0.25, 0.3) is 21.3 Å². The summed E-state index contributed by atoms with van der Waals surface area (Å²) in [5, 5.41) is 2.42. The van der Waals surface area contributed by atoms with Gasteiger partial charge in [0.25, 0.3) is 5.56 Å². The van der Waals surface area contributed by atoms with Crippen molar-refractivity contribution in [3.05, 3.63) is 46.3 Å². The fourth-order valence-electron chi connectivity index (χ4n) is 2.67. The van der Waals surface area contributed by atoms with Gasteiger partial charge in [0.15, 0.2) is 0 Å². The molecule has 0 saturated carbocycles. The lowest BCUT2D eigenvalue weighted by Crippen LogP contribution is -2.29. The molecule has 26 heavy (non-hydrogen) atoms. The number of rotatable bonds is 6. The molecule has 0 radical (unpaired) electrons. The molecular weight excluding hydrogens is 352 g/mol. The van der Waals surface area contributed by atoms with Crippen molar-refractivity contribution in [1.29, 1.82) is 0 Å². The Bertz CT molecular complexity index is 975. The van der Waals surface area contributed by atoms with E-state index in [0.717, 1.165) is 23.3 Å². The Morgan fingerprint density at radius 2 is 2.04 bits per heavy atom. The number of esters is 1. The largest absolute Gasteiger partial charge is 0.494 e. The zero-order valence-corrected chi connectivity index (χ0v) is 15.7. The molecule has 0 fully saturated rings. The normalized spacial score (nSPS) is 12.1. The van der Waals surface area contributed by atoms with Crippen LogP contribution in [-0.4, -0.2) is 29.2 Å². The van der Waals surface area contributed by atoms with Gasteiger partial charge in [-0.2, -0.15) is 0 Å². The summed E-state index contributed by atoms with van der Waals surface area (Å²) < 4.78 is 11.6. The highest BCUT2D eigenvalue weighted by Crippen LogP contribution is 2.31. The molecule has 3 aromatic rings. The van der Waals surface area contributed by atoms with Crippen LogP contribution in [0.4, 0.5) is 0 Å². The SMILES string of the molecule is CCCOc1ccc(-c2csc3ncn(C(C)C(=O)OC)c(=O)c23)cc1. The maximum Gasteiger partial charge on any atom is 0.328 e. The van der Waals surface area contributed by atoms with E-state index in [4.69, 9.17) is 9.47 Å². The standard InChI is InChI=1S/C19H20N2O4S/c1-4-9-25-14-7-5-13(6-8-14)15-10-26-17-16(15)18(22)21(11-20-17)12(2)19(23)24-3/h5-8,10-12H,4,9H2,1-3H3. The summed E-state index contributed by atoms with van der Waals surface area (Å²) in [5.74, 6) is 0.312. The van der Waals surface area contributed by atoms with Crippen LogP contribution in [0, 0.1) is 0 Å². The van der Waals surface area contributed by atoms with Crippen molar-refractivity contribution >= 4 is 27.5 Å². The number of methoxy groups -OCH3 is 1. The van der Waals surface area contributed by atoms with Gasteiger partial charge in [-0.25, -0.2) is 9.78 Å². The Morgan fingerprint density at radius 1 is 1.31 bits per heavy atom. The summed E-state index contributed by atoms with van der Waals surface area (Å²) in [6, 6.07) is 6.89. The Balaban J connectivity index is 2.04. The number of nitrogens with zero attached hydrogens (tertiary/aromatic N) is 2. The summed E-state index contributed by atoms with van der Waals surface area (Å²) in [6.45, 7) is 4.34. The fourth-order valence-corrected chi connectivity index (χ4v) is 3.58. The number of thiophene rings is 1. The molecule has 0 bridgehead atoms. The van der Waals surface area contributed by atoms with Crippen LogP contribution in [-0.2, 0) is 9.53 Å². The Labute approximate surface area is 155 Å². The second kappa shape index (κ2) is 7.70. The van der Waals surface area contributed by atoms with Gasteiger partial charge in [-0.3, -0.25) is 9.36 Å². The first kappa shape index (κ1) is 18.1. The van der Waals surface area contributed by atoms with Crippen LogP contribution >= 0.6 is 11.3 Å². The van der Waals surface area contributed by atoms with Gasteiger partial charge in [0.05, 0.1) is 25.4 Å². The molecule has 0 N–H and O–H groups in total. The van der Waals surface area contributed by atoms with Crippen LogP contribution in [0.2, 0.25) is 0 Å². The Kier molecular flexibility index (Phi) is 5.37. The zero-order chi connectivity index (χ0) is 18.7. The number of benzene rings is 1. The number of aromatic nitrogens is 2. The summed E-state index contributed by atoms with van der Waals surface area (Å²) in [5.41, 5.74) is 1.45. The highest BCUT2D eigenvalue weighted by atomic mass is 32.1. The minimum atomic E-state index is -0.734. The summed E-state index contributed by atoms with van der Waals surface area (Å²) in [7, 11) is 1.30. The van der Waals surface area contributed by atoms with Gasteiger partial charge in [-0.05, 0) is 31.0 Å². The van der Waals surface area contributed by atoms with Crippen molar-refractivity contribution in [3.63, 3.8) is 0 Å². The van der Waals surface area contributed by atoms with Gasteiger partial charge in [0.2, 0.25) is 0 Å². The third-order valence-corrected chi connectivity index (χ3v) is 5.00. The lowest BCUT2D eigenvalue weighted by Gasteiger charge is -2.12. The first-order chi connectivity index (χ1) is 12.6. The van der Waals surface area contributed by atoms with Gasteiger partial charge in [0, 0.05) is 10.9 Å². The molecule has 2 heterocycles. The van der Waals surface area contributed by atoms with Gasteiger partial charge >= 0.3 is 5.97 Å². The first-order valence-electron chi connectivity index (χ1n) is 8.36. The quantitative estimate of drug-likeness (QED) is 0.618. The molecule has 0 aliphatic heterocycles. The molecule has 2 aromatic heterocycles. The van der Waals surface area contributed by atoms with Crippen LogP contribution in [0.1, 0.15) is 26.3 Å². The van der Waals surface area contributed by atoms with E-state index in [1.165, 1.54) is 29.3 Å². The van der Waals surface area contributed by atoms with Crippen LogP contribution in [0.3, 0.4) is 0 Å². The lowest BCUT2D eigenvalue weighted by molar-refractivity contribution is -0.144. The van der Waals surface area contributed by atoms with Gasteiger partial charge in [0.1, 0.15) is 16.6 Å². The number of fused-ring (bicyclic) bond motifs is 1. The van der Waals surface area contributed by atoms with E-state index in [2.05, 4.69) is 11.9 Å². The maximum atomic E-state index is 13.0. The maximum absolute atomic E-state index is 13.0. The molecule has 3 rings (SSSR count). The van der Waals surface area contributed by atoms with Gasteiger partial charge in [-0.15, -0.1) is 11.3 Å². The predicted molar refractivity (Wildman–Crippen MR) is 102 cm³/mol. The van der Waals surface area contributed by atoms with Gasteiger partial charge in [-0.1, -0.05) is 19.1 Å². The minimum absolute atomic E-state index is 0.254. The van der Waals surface area contributed by atoms with E-state index in [0.29, 0.717) is 16.8 Å². The first-order valence-corrected chi connectivity index (χ1v) is 9.24. The third-order valence-electron chi connectivity index (χ3n) is 4.12. The van der Waals surface area contributed by atoms with E-state index in [1.807, 2.05) is 29.6 Å². The molecule has 0 aliphatic carbocycles. The molecule has 6 nitrogen and oxygen atoms in total. The average Bonchev–Trinajstić information content (AvgIpc) is 3.11. The van der Waals surface area contributed by atoms with Crippen molar-refractivity contribution < 1.29 is 14.3 Å². The minimum Gasteiger partial charge on any atom is -0.494 e. The molecule has 0 aliphatic rings. The molecular formula is C19H20N2O4S. The molecule has 0 saturated heterocycles. The average molecular weight is 372 g/mol. The molecule has 1 unspecified atom stereocenters. The Morgan fingerprint density at radius 3 is 2.69 bits per heavy atom. The van der Waals surface area contributed by atoms with Crippen LogP contribution < -0.4 is 10.3 Å². The van der Waals surface area contributed by atoms with E-state index in [1.54, 1.807) is 6.92 Å².